The molecular formula is C14H19BF3NO3. The molecule has 0 spiro atoms. The third-order valence-corrected chi connectivity index (χ3v) is 4.40. The summed E-state index contributed by atoms with van der Waals surface area (Å²) in [5.74, 6) is 0. The number of halogens is 3. The molecule has 2 rings (SSSR count). The zero-order valence-electron chi connectivity index (χ0n) is 13.2. The smallest absolute Gasteiger partial charge is 0.399 e. The van der Waals surface area contributed by atoms with E-state index in [9.17, 15) is 18.3 Å². The molecule has 1 aromatic rings. The quantitative estimate of drug-likeness (QED) is 0.849. The molecule has 1 fully saturated rings. The van der Waals surface area contributed by atoms with Gasteiger partial charge in [-0.2, -0.15) is 13.2 Å². The zero-order valence-corrected chi connectivity index (χ0v) is 13.2. The summed E-state index contributed by atoms with van der Waals surface area (Å²) in [5, 5.41) is 9.75. The van der Waals surface area contributed by atoms with Crippen molar-refractivity contribution in [1.82, 2.24) is 4.98 Å². The van der Waals surface area contributed by atoms with Crippen LogP contribution in [0.25, 0.3) is 0 Å². The van der Waals surface area contributed by atoms with Crippen LogP contribution in [-0.2, 0) is 14.9 Å². The molecule has 0 bridgehead atoms. The molecule has 4 nitrogen and oxygen atoms in total. The van der Waals surface area contributed by atoms with E-state index in [1.54, 1.807) is 0 Å². The molecule has 0 amide bonds. The summed E-state index contributed by atoms with van der Waals surface area (Å²) in [6.45, 7) is 8.07. The largest absolute Gasteiger partial charge is 0.496 e. The SMILES string of the molecule is CC1(C)OB(c2cncc([C@@](C)(O)C(F)(F)F)c2)OC1(C)C. The molecule has 0 aromatic carbocycles. The van der Waals surface area contributed by atoms with Gasteiger partial charge in [0.1, 0.15) is 0 Å². The Bertz CT molecular complexity index is 557. The van der Waals surface area contributed by atoms with Crippen LogP contribution in [-0.4, -0.2) is 34.6 Å². The highest BCUT2D eigenvalue weighted by Crippen LogP contribution is 2.39. The van der Waals surface area contributed by atoms with Crippen molar-refractivity contribution in [3.05, 3.63) is 24.0 Å². The molecule has 1 atom stereocenters. The van der Waals surface area contributed by atoms with E-state index in [0.717, 1.165) is 6.20 Å². The molecule has 8 heteroatoms. The first-order valence-corrected chi connectivity index (χ1v) is 6.88. The molecule has 1 aliphatic rings. The molecule has 0 saturated carbocycles. The van der Waals surface area contributed by atoms with Gasteiger partial charge in [0.05, 0.1) is 11.2 Å². The Labute approximate surface area is 127 Å². The zero-order chi connectivity index (χ0) is 17.0. The standard InChI is InChI=1S/C14H19BF3NO3/c1-11(2)12(3,4)22-15(21-11)10-6-9(7-19-8-10)13(5,20)14(16,17)18/h6-8,20H,1-5H3/t13-/m1/s1. The molecule has 2 heterocycles. The number of pyridine rings is 1. The van der Waals surface area contributed by atoms with Crippen LogP contribution in [0.5, 0.6) is 0 Å². The average molecular weight is 317 g/mol. The van der Waals surface area contributed by atoms with Gasteiger partial charge in [0.15, 0.2) is 5.60 Å². The lowest BCUT2D eigenvalue weighted by Gasteiger charge is -2.32. The molecule has 1 aliphatic heterocycles. The Morgan fingerprint density at radius 3 is 2.05 bits per heavy atom. The summed E-state index contributed by atoms with van der Waals surface area (Å²) in [7, 11) is -0.832. The molecule has 1 saturated heterocycles. The molecular weight excluding hydrogens is 298 g/mol. The van der Waals surface area contributed by atoms with Gasteiger partial charge in [0, 0.05) is 23.4 Å². The number of aliphatic hydroxyl groups is 1. The van der Waals surface area contributed by atoms with E-state index < -0.39 is 30.1 Å². The van der Waals surface area contributed by atoms with Gasteiger partial charge in [0.25, 0.3) is 0 Å². The minimum atomic E-state index is -4.80. The maximum absolute atomic E-state index is 12.9. The Morgan fingerprint density at radius 2 is 1.59 bits per heavy atom. The molecule has 122 valence electrons. The van der Waals surface area contributed by atoms with E-state index in [4.69, 9.17) is 9.31 Å². The van der Waals surface area contributed by atoms with Gasteiger partial charge >= 0.3 is 13.3 Å². The second-order valence-electron chi connectivity index (χ2n) is 6.67. The van der Waals surface area contributed by atoms with Gasteiger partial charge in [-0.3, -0.25) is 4.98 Å². The van der Waals surface area contributed by atoms with Gasteiger partial charge in [-0.25, -0.2) is 0 Å². The molecule has 0 aliphatic carbocycles. The molecule has 1 aromatic heterocycles. The maximum atomic E-state index is 12.9. The van der Waals surface area contributed by atoms with Crippen LogP contribution >= 0.6 is 0 Å². The Hall–Kier alpha value is -1.12. The lowest BCUT2D eigenvalue weighted by molar-refractivity contribution is -0.258. The van der Waals surface area contributed by atoms with Crippen molar-refractivity contribution < 1.29 is 27.6 Å². The fraction of sp³-hybridized carbons (Fsp3) is 0.643. The Kier molecular flexibility index (Phi) is 3.87. The second-order valence-corrected chi connectivity index (χ2v) is 6.67. The summed E-state index contributed by atoms with van der Waals surface area (Å²) in [5.41, 5.74) is -4.23. The molecule has 0 unspecified atom stereocenters. The maximum Gasteiger partial charge on any atom is 0.496 e. The van der Waals surface area contributed by atoms with E-state index in [1.165, 1.54) is 12.3 Å². The average Bonchev–Trinajstić information content (AvgIpc) is 2.57. The monoisotopic (exact) mass is 317 g/mol. The molecule has 22 heavy (non-hydrogen) atoms. The first-order valence-electron chi connectivity index (χ1n) is 6.88. The Morgan fingerprint density at radius 1 is 1.09 bits per heavy atom. The van der Waals surface area contributed by atoms with E-state index in [-0.39, 0.29) is 5.56 Å². The summed E-state index contributed by atoms with van der Waals surface area (Å²) >= 11 is 0. The van der Waals surface area contributed by atoms with E-state index in [2.05, 4.69) is 4.98 Å². The second kappa shape index (κ2) is 4.94. The topological polar surface area (TPSA) is 51.6 Å². The van der Waals surface area contributed by atoms with Crippen LogP contribution < -0.4 is 5.46 Å². The van der Waals surface area contributed by atoms with Crippen molar-refractivity contribution >= 4 is 12.6 Å². The van der Waals surface area contributed by atoms with Crippen molar-refractivity contribution in [1.29, 1.82) is 0 Å². The van der Waals surface area contributed by atoms with Crippen LogP contribution in [0.2, 0.25) is 0 Å². The Balaban J connectivity index is 2.35. The third-order valence-electron chi connectivity index (χ3n) is 4.40. The summed E-state index contributed by atoms with van der Waals surface area (Å²) in [6, 6.07) is 1.21. The minimum Gasteiger partial charge on any atom is -0.399 e. The number of rotatable bonds is 2. The van der Waals surface area contributed by atoms with Crippen molar-refractivity contribution in [3.8, 4) is 0 Å². The van der Waals surface area contributed by atoms with Gasteiger partial charge in [0.2, 0.25) is 0 Å². The lowest BCUT2D eigenvalue weighted by Crippen LogP contribution is -2.41. The fourth-order valence-electron chi connectivity index (χ4n) is 2.00. The van der Waals surface area contributed by atoms with Gasteiger partial charge in [-0.15, -0.1) is 0 Å². The highest BCUT2D eigenvalue weighted by molar-refractivity contribution is 6.62. The third kappa shape index (κ3) is 2.75. The van der Waals surface area contributed by atoms with Crippen molar-refractivity contribution in [2.45, 2.75) is 57.6 Å². The van der Waals surface area contributed by atoms with E-state index in [1.807, 2.05) is 27.7 Å². The van der Waals surface area contributed by atoms with Gasteiger partial charge in [-0.1, -0.05) is 6.07 Å². The van der Waals surface area contributed by atoms with Crippen LogP contribution in [0.1, 0.15) is 40.2 Å². The van der Waals surface area contributed by atoms with Crippen molar-refractivity contribution in [2.75, 3.05) is 0 Å². The number of hydrogen-bond acceptors (Lipinski definition) is 4. The highest BCUT2D eigenvalue weighted by atomic mass is 19.4. The predicted molar refractivity (Wildman–Crippen MR) is 75.6 cm³/mol. The summed E-state index contributed by atoms with van der Waals surface area (Å²) in [4.78, 5) is 3.78. The summed E-state index contributed by atoms with van der Waals surface area (Å²) in [6.07, 6.45) is -2.44. The first-order chi connectivity index (χ1) is 9.78. The van der Waals surface area contributed by atoms with E-state index >= 15 is 0 Å². The van der Waals surface area contributed by atoms with Crippen LogP contribution in [0.15, 0.2) is 18.5 Å². The van der Waals surface area contributed by atoms with Crippen molar-refractivity contribution in [2.24, 2.45) is 0 Å². The fourth-order valence-corrected chi connectivity index (χ4v) is 2.00. The first kappa shape index (κ1) is 17.2. The van der Waals surface area contributed by atoms with Crippen LogP contribution in [0, 0.1) is 0 Å². The predicted octanol–water partition coefficient (Wildman–Crippen LogP) is 2.15. The van der Waals surface area contributed by atoms with Crippen molar-refractivity contribution in [3.63, 3.8) is 0 Å². The van der Waals surface area contributed by atoms with Crippen LogP contribution in [0.3, 0.4) is 0 Å². The number of nitrogens with zero attached hydrogens (tertiary/aromatic N) is 1. The van der Waals surface area contributed by atoms with Gasteiger partial charge < -0.3 is 14.4 Å². The molecule has 1 N–H and O–H groups in total. The number of hydrogen-bond donors (Lipinski definition) is 1. The number of aromatic nitrogens is 1. The minimum absolute atomic E-state index is 0.334. The summed E-state index contributed by atoms with van der Waals surface area (Å²) < 4.78 is 50.4. The highest BCUT2D eigenvalue weighted by Gasteiger charge is 2.54. The lowest BCUT2D eigenvalue weighted by atomic mass is 9.78. The normalized spacial score (nSPS) is 23.4. The van der Waals surface area contributed by atoms with Gasteiger partial charge in [-0.05, 0) is 34.6 Å². The number of alkyl halides is 3. The molecule has 0 radical (unpaired) electrons. The van der Waals surface area contributed by atoms with Crippen LogP contribution in [0.4, 0.5) is 13.2 Å². The van der Waals surface area contributed by atoms with E-state index in [0.29, 0.717) is 12.4 Å².